The minimum atomic E-state index is -4.58. The number of ether oxygens (including phenoxy) is 2. The van der Waals surface area contributed by atoms with Crippen molar-refractivity contribution in [3.05, 3.63) is 76.2 Å². The van der Waals surface area contributed by atoms with Crippen molar-refractivity contribution in [1.82, 2.24) is 10.3 Å². The van der Waals surface area contributed by atoms with E-state index >= 15 is 0 Å². The fourth-order valence-corrected chi connectivity index (χ4v) is 5.31. The first-order chi connectivity index (χ1) is 19.4. The summed E-state index contributed by atoms with van der Waals surface area (Å²) in [5, 5.41) is 14.7. The number of rotatable bonds is 8. The molecule has 1 amide bonds. The van der Waals surface area contributed by atoms with Crippen LogP contribution < -0.4 is 14.8 Å². The molecule has 3 aromatic rings. The number of aryl methyl sites for hydroxylation is 2. The zero-order valence-electron chi connectivity index (χ0n) is 22.6. The summed E-state index contributed by atoms with van der Waals surface area (Å²) in [6, 6.07) is 10.5. The van der Waals surface area contributed by atoms with Gasteiger partial charge in [0.1, 0.15) is 41.1 Å². The number of pyridine rings is 1. The maximum atomic E-state index is 14.0. The van der Waals surface area contributed by atoms with Gasteiger partial charge in [-0.3, -0.25) is 4.79 Å². The molecule has 2 heterocycles. The predicted octanol–water partition coefficient (Wildman–Crippen LogP) is 6.11. The largest absolute Gasteiger partial charge is 0.490 e. The van der Waals surface area contributed by atoms with Crippen molar-refractivity contribution in [3.8, 4) is 22.8 Å². The molecular weight excluding hydrogens is 540 g/mol. The lowest BCUT2D eigenvalue weighted by Crippen LogP contribution is -2.43. The van der Waals surface area contributed by atoms with E-state index < -0.39 is 36.0 Å². The number of benzene rings is 2. The van der Waals surface area contributed by atoms with Crippen LogP contribution >= 0.6 is 0 Å². The van der Waals surface area contributed by atoms with Crippen LogP contribution in [0.15, 0.2) is 42.5 Å². The molecule has 0 spiro atoms. The zero-order chi connectivity index (χ0) is 29.1. The van der Waals surface area contributed by atoms with Gasteiger partial charge in [0.05, 0.1) is 18.3 Å². The van der Waals surface area contributed by atoms with Crippen LogP contribution in [0.3, 0.4) is 0 Å². The van der Waals surface area contributed by atoms with E-state index in [2.05, 4.69) is 10.3 Å². The minimum absolute atomic E-state index is 0.0140. The van der Waals surface area contributed by atoms with Gasteiger partial charge in [0.2, 0.25) is 0 Å². The van der Waals surface area contributed by atoms with E-state index in [0.29, 0.717) is 35.3 Å². The molecule has 2 saturated carbocycles. The van der Waals surface area contributed by atoms with Crippen molar-refractivity contribution < 1.29 is 36.9 Å². The summed E-state index contributed by atoms with van der Waals surface area (Å²) in [6.07, 6.45) is -1.09. The molecule has 0 saturated heterocycles. The molecular formula is C31H30F4N2O4. The summed E-state index contributed by atoms with van der Waals surface area (Å²) in [5.41, 5.74) is 0.0977. The molecule has 2 atom stereocenters. The maximum absolute atomic E-state index is 14.0. The molecule has 2 aromatic carbocycles. The number of hydrogen-bond acceptors (Lipinski definition) is 5. The van der Waals surface area contributed by atoms with Crippen LogP contribution in [0.25, 0.3) is 11.3 Å². The standard InChI is InChI=1S/C31H30F4N2O4/c1-16-11-18(3-9-24(16)32)27-28-22(23(14-40-28)31(33,34)35)13-26(37-27)30(39,20-5-6-20)15-36-29(38)19-4-10-25(17(2)12-19)41-21-7-8-21/h3-4,9-13,20-21,23,39H,5-8,14-15H2,1-2H3,(H,36,38)/t23-,30?/m1/s1. The fourth-order valence-electron chi connectivity index (χ4n) is 5.31. The monoisotopic (exact) mass is 570 g/mol. The van der Waals surface area contributed by atoms with Crippen LogP contribution in [0.2, 0.25) is 0 Å². The summed E-state index contributed by atoms with van der Waals surface area (Å²) in [5.74, 6) is -2.43. The first kappa shape index (κ1) is 27.5. The van der Waals surface area contributed by atoms with Gasteiger partial charge >= 0.3 is 6.18 Å². The van der Waals surface area contributed by atoms with Gasteiger partial charge < -0.3 is 19.9 Å². The Bertz CT molecular complexity index is 1520. The lowest BCUT2D eigenvalue weighted by Gasteiger charge is -2.29. The SMILES string of the molecule is Cc1cc(-c2nc(C(O)(CNC(=O)c3ccc(OC4CC4)c(C)c3)C3CC3)cc3c2OC[C@H]3C(F)(F)F)ccc1F. The molecule has 0 radical (unpaired) electrons. The van der Waals surface area contributed by atoms with Gasteiger partial charge in [0.25, 0.3) is 5.91 Å². The normalized spacial score (nSPS) is 19.7. The van der Waals surface area contributed by atoms with Crippen LogP contribution in [0.1, 0.15) is 64.3 Å². The molecule has 6 nitrogen and oxygen atoms in total. The quantitative estimate of drug-likeness (QED) is 0.320. The van der Waals surface area contributed by atoms with E-state index in [9.17, 15) is 27.5 Å². The van der Waals surface area contributed by atoms with Gasteiger partial charge in [-0.15, -0.1) is 0 Å². The number of carbonyl (C=O) groups is 1. The number of fused-ring (bicyclic) bond motifs is 1. The number of aromatic nitrogens is 1. The van der Waals surface area contributed by atoms with E-state index in [-0.39, 0.29) is 41.3 Å². The van der Waals surface area contributed by atoms with Crippen LogP contribution in [-0.2, 0) is 5.60 Å². The highest BCUT2D eigenvalue weighted by Crippen LogP contribution is 2.51. The van der Waals surface area contributed by atoms with Gasteiger partial charge in [-0.2, -0.15) is 13.2 Å². The first-order valence-electron chi connectivity index (χ1n) is 13.7. The Morgan fingerprint density at radius 3 is 2.46 bits per heavy atom. The molecule has 0 bridgehead atoms. The summed E-state index contributed by atoms with van der Waals surface area (Å²) >= 11 is 0. The van der Waals surface area contributed by atoms with Gasteiger partial charge in [0.15, 0.2) is 0 Å². The van der Waals surface area contributed by atoms with Crippen molar-refractivity contribution in [3.63, 3.8) is 0 Å². The highest BCUT2D eigenvalue weighted by Gasteiger charge is 2.51. The Hall–Kier alpha value is -3.66. The zero-order valence-corrected chi connectivity index (χ0v) is 22.6. The average molecular weight is 571 g/mol. The van der Waals surface area contributed by atoms with Gasteiger partial charge in [-0.25, -0.2) is 9.37 Å². The van der Waals surface area contributed by atoms with Crippen LogP contribution in [-0.4, -0.2) is 41.4 Å². The van der Waals surface area contributed by atoms with E-state index in [4.69, 9.17) is 9.47 Å². The second-order valence-corrected chi connectivity index (χ2v) is 11.3. The number of nitrogens with one attached hydrogen (secondary N) is 1. The van der Waals surface area contributed by atoms with Crippen LogP contribution in [0, 0.1) is 25.6 Å². The number of nitrogens with zero attached hydrogens (tertiary/aromatic N) is 1. The van der Waals surface area contributed by atoms with Gasteiger partial charge in [-0.1, -0.05) is 0 Å². The molecule has 216 valence electrons. The molecule has 3 aliphatic rings. The van der Waals surface area contributed by atoms with Gasteiger partial charge in [0, 0.05) is 16.7 Å². The number of hydrogen-bond donors (Lipinski definition) is 2. The number of aliphatic hydroxyl groups is 1. The molecule has 1 unspecified atom stereocenters. The van der Waals surface area contributed by atoms with Crippen molar-refractivity contribution >= 4 is 5.91 Å². The third-order valence-electron chi connectivity index (χ3n) is 8.07. The molecule has 2 aliphatic carbocycles. The second kappa shape index (κ2) is 10.0. The Balaban J connectivity index is 1.34. The Kier molecular flexibility index (Phi) is 6.71. The summed E-state index contributed by atoms with van der Waals surface area (Å²) in [7, 11) is 0. The smallest absolute Gasteiger partial charge is 0.399 e. The van der Waals surface area contributed by atoms with Crippen molar-refractivity contribution in [2.75, 3.05) is 13.2 Å². The topological polar surface area (TPSA) is 80.7 Å². The Morgan fingerprint density at radius 1 is 1.07 bits per heavy atom. The maximum Gasteiger partial charge on any atom is 0.399 e. The minimum Gasteiger partial charge on any atom is -0.490 e. The third-order valence-corrected chi connectivity index (χ3v) is 8.07. The van der Waals surface area contributed by atoms with E-state index in [0.717, 1.165) is 18.4 Å². The molecule has 1 aromatic heterocycles. The highest BCUT2D eigenvalue weighted by atomic mass is 19.4. The fraction of sp³-hybridized carbons (Fsp3) is 0.419. The average Bonchev–Trinajstić information content (AvgIpc) is 3.87. The molecule has 2 fully saturated rings. The van der Waals surface area contributed by atoms with Crippen molar-refractivity contribution in [1.29, 1.82) is 0 Å². The molecule has 41 heavy (non-hydrogen) atoms. The van der Waals surface area contributed by atoms with Gasteiger partial charge in [-0.05, 0) is 99.0 Å². The number of alkyl halides is 3. The lowest BCUT2D eigenvalue weighted by molar-refractivity contribution is -0.151. The molecule has 10 heteroatoms. The third kappa shape index (κ3) is 5.37. The van der Waals surface area contributed by atoms with E-state index in [1.807, 2.05) is 6.92 Å². The number of halogens is 4. The summed E-state index contributed by atoms with van der Waals surface area (Å²) in [4.78, 5) is 17.7. The van der Waals surface area contributed by atoms with Crippen LogP contribution in [0.4, 0.5) is 17.6 Å². The second-order valence-electron chi connectivity index (χ2n) is 11.3. The highest BCUT2D eigenvalue weighted by molar-refractivity contribution is 5.94. The van der Waals surface area contributed by atoms with Crippen LogP contribution in [0.5, 0.6) is 11.5 Å². The Labute approximate surface area is 234 Å². The lowest BCUT2D eigenvalue weighted by atomic mass is 9.88. The summed E-state index contributed by atoms with van der Waals surface area (Å²) in [6.45, 7) is 2.53. The predicted molar refractivity (Wildman–Crippen MR) is 142 cm³/mol. The summed E-state index contributed by atoms with van der Waals surface area (Å²) < 4.78 is 67.3. The number of carbonyl (C=O) groups excluding carboxylic acids is 1. The first-order valence-corrected chi connectivity index (χ1v) is 13.7. The molecule has 2 N–H and O–H groups in total. The molecule has 6 rings (SSSR count). The number of amides is 1. The molecule has 1 aliphatic heterocycles. The van der Waals surface area contributed by atoms with Crippen molar-refractivity contribution in [2.24, 2.45) is 5.92 Å². The van der Waals surface area contributed by atoms with E-state index in [1.165, 1.54) is 24.3 Å². The Morgan fingerprint density at radius 2 is 1.83 bits per heavy atom. The van der Waals surface area contributed by atoms with E-state index in [1.54, 1.807) is 25.1 Å². The van der Waals surface area contributed by atoms with Crippen molar-refractivity contribution in [2.45, 2.75) is 63.3 Å².